The molecule has 192 valence electrons. The molecular formula is C26H28O10. The molecule has 3 rings (SSSR count). The molecule has 0 unspecified atom stereocenters. The first-order chi connectivity index (χ1) is 17.1. The molecule has 10 nitrogen and oxygen atoms in total. The second kappa shape index (κ2) is 11.1. The molecule has 36 heavy (non-hydrogen) atoms. The molecule has 1 aliphatic rings. The van der Waals surface area contributed by atoms with Gasteiger partial charge >= 0.3 is 23.9 Å². The maximum atomic E-state index is 13.0. The van der Waals surface area contributed by atoms with E-state index < -0.39 is 35.4 Å². The zero-order valence-corrected chi connectivity index (χ0v) is 20.7. The van der Waals surface area contributed by atoms with Crippen LogP contribution < -0.4 is 18.9 Å². The van der Waals surface area contributed by atoms with Crippen LogP contribution >= 0.6 is 0 Å². The minimum atomic E-state index is -1.60. The third-order valence-electron chi connectivity index (χ3n) is 5.66. The Labute approximate surface area is 208 Å². The molecule has 1 heterocycles. The van der Waals surface area contributed by atoms with Gasteiger partial charge in [-0.05, 0) is 41.8 Å². The van der Waals surface area contributed by atoms with E-state index in [2.05, 4.69) is 0 Å². The fourth-order valence-corrected chi connectivity index (χ4v) is 4.18. The van der Waals surface area contributed by atoms with Crippen molar-refractivity contribution in [2.45, 2.75) is 39.2 Å². The van der Waals surface area contributed by atoms with Gasteiger partial charge in [0.1, 0.15) is 0 Å². The lowest BCUT2D eigenvalue weighted by Gasteiger charge is -2.31. The van der Waals surface area contributed by atoms with Crippen LogP contribution in [0.2, 0.25) is 0 Å². The summed E-state index contributed by atoms with van der Waals surface area (Å²) in [5, 5.41) is 0. The second-order valence-corrected chi connectivity index (χ2v) is 8.32. The maximum Gasteiger partial charge on any atom is 0.351 e. The molecule has 0 aliphatic carbocycles. The number of hydrogen-bond donors (Lipinski definition) is 0. The summed E-state index contributed by atoms with van der Waals surface area (Å²) in [6, 6.07) is 9.84. The molecule has 0 aromatic heterocycles. The third kappa shape index (κ3) is 5.94. The summed E-state index contributed by atoms with van der Waals surface area (Å²) in [6.07, 6.45) is 0.313. The molecule has 10 heteroatoms. The molecule has 0 spiro atoms. The molecule has 2 aromatic carbocycles. The molecule has 0 N–H and O–H groups in total. The molecule has 2 aromatic rings. The first-order valence-corrected chi connectivity index (χ1v) is 11.2. The van der Waals surface area contributed by atoms with Crippen LogP contribution in [0.15, 0.2) is 36.4 Å². The number of cyclic esters (lactones) is 1. The molecule has 1 fully saturated rings. The monoisotopic (exact) mass is 500 g/mol. The van der Waals surface area contributed by atoms with Gasteiger partial charge in [-0.2, -0.15) is 0 Å². The molecule has 0 amide bonds. The minimum absolute atomic E-state index is 0.00938. The van der Waals surface area contributed by atoms with Crippen molar-refractivity contribution in [3.05, 3.63) is 47.5 Å². The van der Waals surface area contributed by atoms with Crippen LogP contribution in [0.5, 0.6) is 23.0 Å². The molecule has 1 aliphatic heterocycles. The van der Waals surface area contributed by atoms with Gasteiger partial charge < -0.3 is 28.4 Å². The molecule has 0 radical (unpaired) electrons. The lowest BCUT2D eigenvalue weighted by atomic mass is 9.80. The Morgan fingerprint density at radius 2 is 1.36 bits per heavy atom. The van der Waals surface area contributed by atoms with Gasteiger partial charge in [0.25, 0.3) is 0 Å². The van der Waals surface area contributed by atoms with E-state index in [1.807, 2.05) is 0 Å². The number of ether oxygens (including phenoxy) is 6. The van der Waals surface area contributed by atoms with Gasteiger partial charge in [-0.25, -0.2) is 4.79 Å². The van der Waals surface area contributed by atoms with Crippen LogP contribution in [0, 0.1) is 5.92 Å². The highest BCUT2D eigenvalue weighted by molar-refractivity contribution is 5.85. The Balaban J connectivity index is 1.95. The van der Waals surface area contributed by atoms with Crippen LogP contribution in [0.4, 0.5) is 0 Å². The van der Waals surface area contributed by atoms with Crippen molar-refractivity contribution < 1.29 is 47.6 Å². The van der Waals surface area contributed by atoms with Gasteiger partial charge in [0.15, 0.2) is 23.0 Å². The van der Waals surface area contributed by atoms with Crippen molar-refractivity contribution in [2.75, 3.05) is 20.8 Å². The Morgan fingerprint density at radius 3 is 1.86 bits per heavy atom. The summed E-state index contributed by atoms with van der Waals surface area (Å²) in [5.41, 5.74) is -0.234. The average Bonchev–Trinajstić information content (AvgIpc) is 3.09. The smallest absolute Gasteiger partial charge is 0.351 e. The van der Waals surface area contributed by atoms with Crippen molar-refractivity contribution in [3.8, 4) is 23.0 Å². The zero-order valence-electron chi connectivity index (χ0n) is 20.7. The summed E-state index contributed by atoms with van der Waals surface area (Å²) >= 11 is 0. The lowest BCUT2D eigenvalue weighted by molar-refractivity contribution is -0.174. The van der Waals surface area contributed by atoms with Gasteiger partial charge in [-0.3, -0.25) is 14.4 Å². The third-order valence-corrected chi connectivity index (χ3v) is 5.66. The van der Waals surface area contributed by atoms with Crippen molar-refractivity contribution in [2.24, 2.45) is 5.92 Å². The van der Waals surface area contributed by atoms with Crippen molar-refractivity contribution in [1.29, 1.82) is 0 Å². The van der Waals surface area contributed by atoms with Crippen LogP contribution in [-0.2, 0) is 41.5 Å². The summed E-state index contributed by atoms with van der Waals surface area (Å²) < 4.78 is 32.0. The predicted octanol–water partition coefficient (Wildman–Crippen LogP) is 2.81. The van der Waals surface area contributed by atoms with E-state index in [-0.39, 0.29) is 30.3 Å². The maximum absolute atomic E-state index is 13.0. The summed E-state index contributed by atoms with van der Waals surface area (Å²) in [4.78, 5) is 47.8. The number of benzene rings is 2. The molecule has 1 saturated heterocycles. The number of carbonyl (C=O) groups is 4. The van der Waals surface area contributed by atoms with Gasteiger partial charge in [-0.1, -0.05) is 12.1 Å². The van der Waals surface area contributed by atoms with Crippen molar-refractivity contribution in [3.63, 3.8) is 0 Å². The topological polar surface area (TPSA) is 124 Å². The first kappa shape index (κ1) is 26.5. The van der Waals surface area contributed by atoms with Gasteiger partial charge in [-0.15, -0.1) is 0 Å². The Bertz CT molecular complexity index is 1170. The lowest BCUT2D eigenvalue weighted by Crippen LogP contribution is -2.48. The van der Waals surface area contributed by atoms with Crippen LogP contribution in [-0.4, -0.2) is 50.3 Å². The van der Waals surface area contributed by atoms with Crippen LogP contribution in [0.3, 0.4) is 0 Å². The van der Waals surface area contributed by atoms with E-state index in [0.29, 0.717) is 17.7 Å². The second-order valence-electron chi connectivity index (χ2n) is 8.32. The zero-order chi connectivity index (χ0) is 26.5. The number of rotatable bonds is 9. The minimum Gasteiger partial charge on any atom is -0.493 e. The molecular weight excluding hydrogens is 472 g/mol. The van der Waals surface area contributed by atoms with Crippen molar-refractivity contribution in [1.82, 2.24) is 0 Å². The molecule has 0 bridgehead atoms. The van der Waals surface area contributed by atoms with E-state index >= 15 is 0 Å². The SMILES string of the molecule is COc1cc(C[C@H]2COC(=O)[C@@]2(Cc2ccc(OC(C)=O)c(OC)c2)OC(C)=O)ccc1OC(C)=O. The van der Waals surface area contributed by atoms with Crippen LogP contribution in [0.1, 0.15) is 31.9 Å². The van der Waals surface area contributed by atoms with E-state index in [4.69, 9.17) is 28.4 Å². The quantitative estimate of drug-likeness (QED) is 0.375. The van der Waals surface area contributed by atoms with Gasteiger partial charge in [0, 0.05) is 33.1 Å². The first-order valence-electron chi connectivity index (χ1n) is 11.2. The van der Waals surface area contributed by atoms with Gasteiger partial charge in [0.05, 0.1) is 20.8 Å². The van der Waals surface area contributed by atoms with Gasteiger partial charge in [0.2, 0.25) is 5.60 Å². The highest BCUT2D eigenvalue weighted by Gasteiger charge is 2.55. The summed E-state index contributed by atoms with van der Waals surface area (Å²) in [5.74, 6) is -1.70. The molecule has 0 saturated carbocycles. The Kier molecular flexibility index (Phi) is 8.18. The number of methoxy groups -OCH3 is 2. The summed E-state index contributed by atoms with van der Waals surface area (Å²) in [6.45, 7) is 3.82. The highest BCUT2D eigenvalue weighted by atomic mass is 16.6. The average molecular weight is 501 g/mol. The Morgan fingerprint density at radius 1 is 0.833 bits per heavy atom. The fraction of sp³-hybridized carbons (Fsp3) is 0.385. The summed E-state index contributed by atoms with van der Waals surface area (Å²) in [7, 11) is 2.87. The van der Waals surface area contributed by atoms with Crippen LogP contribution in [0.25, 0.3) is 0 Å². The van der Waals surface area contributed by atoms with E-state index in [1.54, 1.807) is 36.4 Å². The largest absolute Gasteiger partial charge is 0.493 e. The number of esters is 4. The Hall–Kier alpha value is -4.08. The van der Waals surface area contributed by atoms with Crippen molar-refractivity contribution >= 4 is 23.9 Å². The van der Waals surface area contributed by atoms with E-state index in [0.717, 1.165) is 5.56 Å². The number of carbonyl (C=O) groups excluding carboxylic acids is 4. The number of hydrogen-bond acceptors (Lipinski definition) is 10. The fourth-order valence-electron chi connectivity index (χ4n) is 4.18. The standard InChI is InChI=1S/C26H28O10/c1-15(27)34-21-8-6-18(11-23(21)31-4)10-20-14-33-25(30)26(20,36-17(3)29)13-19-7-9-22(35-16(2)28)24(12-19)32-5/h6-9,11-12,20H,10,13-14H2,1-5H3/t20-,26-/m0/s1. The predicted molar refractivity (Wildman–Crippen MR) is 125 cm³/mol. The molecule has 2 atom stereocenters. The van der Waals surface area contributed by atoms with E-state index in [9.17, 15) is 19.2 Å². The highest BCUT2D eigenvalue weighted by Crippen LogP contribution is 2.39. The van der Waals surface area contributed by atoms with E-state index in [1.165, 1.54) is 35.0 Å². The normalized spacial score (nSPS) is 18.7.